The second kappa shape index (κ2) is 11.2. The number of alkyl halides is 3. The normalized spacial score (nSPS) is 13.5. The third-order valence-electron chi connectivity index (χ3n) is 5.35. The molecule has 0 radical (unpaired) electrons. The van der Waals surface area contributed by atoms with Crippen molar-refractivity contribution >= 4 is 11.9 Å². The Morgan fingerprint density at radius 2 is 1.71 bits per heavy atom. The van der Waals surface area contributed by atoms with Gasteiger partial charge in [0.25, 0.3) is 5.91 Å². The summed E-state index contributed by atoms with van der Waals surface area (Å²) >= 11 is 0. The second-order valence-electron chi connectivity index (χ2n) is 8.03. The highest BCUT2D eigenvalue weighted by Gasteiger charge is 2.38. The number of carbonyl (C=O) groups excluding carboxylic acids is 1. The molecule has 0 atom stereocenters. The van der Waals surface area contributed by atoms with Crippen molar-refractivity contribution in [3.05, 3.63) is 63.6 Å². The molecule has 0 saturated heterocycles. The van der Waals surface area contributed by atoms with Crippen LogP contribution in [0, 0.1) is 0 Å². The minimum absolute atomic E-state index is 0.0228. The van der Waals surface area contributed by atoms with Crippen LogP contribution < -0.4 is 5.43 Å². The topological polar surface area (TPSA) is 103 Å². The third-order valence-corrected chi connectivity index (χ3v) is 5.35. The summed E-state index contributed by atoms with van der Waals surface area (Å²) in [4.78, 5) is 37.9. The smallest absolute Gasteiger partial charge is 0.490 e. The number of amides is 1. The molecule has 1 aliphatic rings. The maximum absolute atomic E-state index is 12.8. The maximum Gasteiger partial charge on any atom is 0.490 e. The van der Waals surface area contributed by atoms with Gasteiger partial charge in [-0.05, 0) is 26.0 Å². The lowest BCUT2D eigenvalue weighted by molar-refractivity contribution is -0.192. The molecule has 2 heterocycles. The molecule has 8 nitrogen and oxygen atoms in total. The van der Waals surface area contributed by atoms with Crippen LogP contribution in [0.25, 0.3) is 0 Å². The summed E-state index contributed by atoms with van der Waals surface area (Å²) in [5, 5.41) is 17.4. The summed E-state index contributed by atoms with van der Waals surface area (Å²) in [6.07, 6.45) is -5.08. The van der Waals surface area contributed by atoms with Gasteiger partial charge in [0, 0.05) is 44.0 Å². The lowest BCUT2D eigenvalue weighted by atomic mass is 10.1. The van der Waals surface area contributed by atoms with E-state index in [2.05, 4.69) is 24.0 Å². The first kappa shape index (κ1) is 26.9. The van der Waals surface area contributed by atoms with Crippen LogP contribution in [-0.2, 0) is 24.4 Å². The van der Waals surface area contributed by atoms with Gasteiger partial charge in [-0.25, -0.2) is 4.79 Å². The standard InChI is InChI=1S/C21H27N3O3.C2HF3O2/c1-4-22(13-16-8-6-5-7-9-16)14-17-12-18(25)20(26)19-21(27)23(15(2)3)10-11-24(17)19;3-2(4,5)1(6)7/h5-9,12,15,26H,4,10-11,13-14H2,1-3H3;(H,6,7). The molecule has 186 valence electrons. The van der Waals surface area contributed by atoms with Gasteiger partial charge in [0.1, 0.15) is 0 Å². The Labute approximate surface area is 194 Å². The van der Waals surface area contributed by atoms with Crippen molar-refractivity contribution in [2.45, 2.75) is 52.6 Å². The van der Waals surface area contributed by atoms with Crippen LogP contribution in [0.5, 0.6) is 5.75 Å². The number of carbonyl (C=O) groups is 2. The van der Waals surface area contributed by atoms with E-state index in [4.69, 9.17) is 9.90 Å². The van der Waals surface area contributed by atoms with Crippen molar-refractivity contribution in [1.29, 1.82) is 0 Å². The number of hydrogen-bond donors (Lipinski definition) is 2. The summed E-state index contributed by atoms with van der Waals surface area (Å²) < 4.78 is 33.5. The zero-order valence-corrected chi connectivity index (χ0v) is 19.2. The van der Waals surface area contributed by atoms with Crippen molar-refractivity contribution in [3.8, 4) is 5.75 Å². The van der Waals surface area contributed by atoms with Gasteiger partial charge >= 0.3 is 12.1 Å². The SMILES string of the molecule is CCN(Cc1ccccc1)Cc1cc(=O)c(O)c2n1CCN(C(C)C)C2=O.O=C(O)C(F)(F)F. The molecule has 0 saturated carbocycles. The van der Waals surface area contributed by atoms with Crippen molar-refractivity contribution in [1.82, 2.24) is 14.4 Å². The van der Waals surface area contributed by atoms with Crippen LogP contribution in [0.3, 0.4) is 0 Å². The zero-order chi connectivity index (χ0) is 25.6. The highest BCUT2D eigenvalue weighted by molar-refractivity contribution is 5.96. The lowest BCUT2D eigenvalue weighted by Crippen LogP contribution is -2.46. The molecule has 34 heavy (non-hydrogen) atoms. The number of carboxylic acids is 1. The van der Waals surface area contributed by atoms with E-state index in [-0.39, 0.29) is 17.6 Å². The molecule has 1 aromatic carbocycles. The average Bonchev–Trinajstić information content (AvgIpc) is 2.76. The Kier molecular flexibility index (Phi) is 8.86. The number of hydrogen-bond acceptors (Lipinski definition) is 5. The predicted octanol–water partition coefficient (Wildman–Crippen LogP) is 3.07. The molecule has 1 aromatic heterocycles. The number of carboxylic acid groups (broad SMARTS) is 1. The summed E-state index contributed by atoms with van der Waals surface area (Å²) in [6, 6.07) is 11.6. The number of pyridine rings is 1. The van der Waals surface area contributed by atoms with Crippen LogP contribution >= 0.6 is 0 Å². The molecular formula is C23H28F3N3O5. The van der Waals surface area contributed by atoms with Crippen molar-refractivity contribution < 1.29 is 33.0 Å². The average molecular weight is 483 g/mol. The molecule has 11 heteroatoms. The van der Waals surface area contributed by atoms with Crippen LogP contribution in [-0.4, -0.2) is 61.8 Å². The van der Waals surface area contributed by atoms with Crippen LogP contribution in [0.15, 0.2) is 41.2 Å². The predicted molar refractivity (Wildman–Crippen MR) is 118 cm³/mol. The Morgan fingerprint density at radius 3 is 2.21 bits per heavy atom. The van der Waals surface area contributed by atoms with E-state index in [0.29, 0.717) is 19.6 Å². The fourth-order valence-electron chi connectivity index (χ4n) is 3.58. The van der Waals surface area contributed by atoms with E-state index in [1.165, 1.54) is 11.6 Å². The van der Waals surface area contributed by atoms with Gasteiger partial charge in [0.05, 0.1) is 0 Å². The van der Waals surface area contributed by atoms with Crippen molar-refractivity contribution in [2.75, 3.05) is 13.1 Å². The van der Waals surface area contributed by atoms with Gasteiger partial charge in [-0.3, -0.25) is 14.5 Å². The second-order valence-corrected chi connectivity index (χ2v) is 8.03. The Hall–Kier alpha value is -3.34. The Bertz CT molecular complexity index is 1070. The molecule has 0 bridgehead atoms. The quantitative estimate of drug-likeness (QED) is 0.655. The van der Waals surface area contributed by atoms with Gasteiger partial charge < -0.3 is 19.7 Å². The molecule has 1 aliphatic heterocycles. The Morgan fingerprint density at radius 1 is 1.12 bits per heavy atom. The molecule has 2 aromatic rings. The highest BCUT2D eigenvalue weighted by atomic mass is 19.4. The van der Waals surface area contributed by atoms with Crippen molar-refractivity contribution in [3.63, 3.8) is 0 Å². The summed E-state index contributed by atoms with van der Waals surface area (Å²) in [5.74, 6) is -3.48. The molecular weight excluding hydrogens is 455 g/mol. The van der Waals surface area contributed by atoms with Gasteiger partial charge in [-0.2, -0.15) is 13.2 Å². The molecule has 0 unspecified atom stereocenters. The van der Waals surface area contributed by atoms with Crippen LogP contribution in [0.1, 0.15) is 42.5 Å². The fraction of sp³-hybridized carbons (Fsp3) is 0.435. The van der Waals surface area contributed by atoms with E-state index in [1.54, 1.807) is 4.90 Å². The minimum atomic E-state index is -5.08. The van der Waals surface area contributed by atoms with Crippen LogP contribution in [0.4, 0.5) is 13.2 Å². The summed E-state index contributed by atoms with van der Waals surface area (Å²) in [7, 11) is 0. The van der Waals surface area contributed by atoms with Gasteiger partial charge in [-0.1, -0.05) is 37.3 Å². The fourth-order valence-corrected chi connectivity index (χ4v) is 3.58. The van der Waals surface area contributed by atoms with E-state index >= 15 is 0 Å². The molecule has 0 fully saturated rings. The molecule has 2 N–H and O–H groups in total. The number of halogens is 3. The maximum atomic E-state index is 12.8. The third kappa shape index (κ3) is 6.60. The van der Waals surface area contributed by atoms with Crippen LogP contribution in [0.2, 0.25) is 0 Å². The molecule has 3 rings (SSSR count). The first-order valence-corrected chi connectivity index (χ1v) is 10.7. The van der Waals surface area contributed by atoms with E-state index in [0.717, 1.165) is 18.8 Å². The number of aliphatic carboxylic acids is 1. The monoisotopic (exact) mass is 483 g/mol. The number of benzene rings is 1. The number of rotatable bonds is 6. The summed E-state index contributed by atoms with van der Waals surface area (Å²) in [6.45, 7) is 9.21. The molecule has 0 aliphatic carbocycles. The van der Waals surface area contributed by atoms with E-state index < -0.39 is 23.3 Å². The van der Waals surface area contributed by atoms with Gasteiger partial charge in [0.2, 0.25) is 5.43 Å². The lowest BCUT2D eigenvalue weighted by Gasteiger charge is -2.35. The van der Waals surface area contributed by atoms with E-state index in [9.17, 15) is 27.9 Å². The number of fused-ring (bicyclic) bond motifs is 1. The first-order chi connectivity index (χ1) is 15.9. The zero-order valence-electron chi connectivity index (χ0n) is 19.2. The molecule has 1 amide bonds. The van der Waals surface area contributed by atoms with E-state index in [1.807, 2.05) is 36.6 Å². The largest absolute Gasteiger partial charge is 0.503 e. The minimum Gasteiger partial charge on any atom is -0.503 e. The first-order valence-electron chi connectivity index (χ1n) is 10.7. The van der Waals surface area contributed by atoms with Gasteiger partial charge in [0.15, 0.2) is 11.4 Å². The number of aromatic nitrogens is 1. The Balaban J connectivity index is 0.000000509. The van der Waals surface area contributed by atoms with Crippen molar-refractivity contribution in [2.24, 2.45) is 0 Å². The van der Waals surface area contributed by atoms with Gasteiger partial charge in [-0.15, -0.1) is 0 Å². The number of aromatic hydroxyl groups is 1. The summed E-state index contributed by atoms with van der Waals surface area (Å²) in [5.41, 5.74) is 1.59. The highest BCUT2D eigenvalue weighted by Crippen LogP contribution is 2.23. The molecule has 0 spiro atoms. The number of nitrogens with zero attached hydrogens (tertiary/aromatic N) is 3.